The van der Waals surface area contributed by atoms with Gasteiger partial charge in [0.1, 0.15) is 54.9 Å². The van der Waals surface area contributed by atoms with E-state index in [4.69, 9.17) is 28.4 Å². The molecule has 2 aliphatic rings. The minimum absolute atomic E-state index is 0.0574. The maximum absolute atomic E-state index is 12.0. The van der Waals surface area contributed by atoms with Crippen LogP contribution in [0.15, 0.2) is 0 Å². The van der Waals surface area contributed by atoms with Crippen molar-refractivity contribution in [1.82, 2.24) is 0 Å². The largest absolute Gasteiger partial charge is 0.457 e. The first-order valence-electron chi connectivity index (χ1n) is 18.1. The van der Waals surface area contributed by atoms with E-state index in [1.165, 1.54) is 70.6 Å². The summed E-state index contributed by atoms with van der Waals surface area (Å²) in [5.41, 5.74) is 0. The Morgan fingerprint density at radius 1 is 0.604 bits per heavy atom. The van der Waals surface area contributed by atoms with E-state index in [2.05, 4.69) is 6.92 Å². The third-order valence-corrected chi connectivity index (χ3v) is 8.92. The molecule has 0 aliphatic carbocycles. The molecule has 0 amide bonds. The summed E-state index contributed by atoms with van der Waals surface area (Å²) in [5.74, 6) is -0.463. The van der Waals surface area contributed by atoms with Crippen molar-refractivity contribution < 1.29 is 69.0 Å². The van der Waals surface area contributed by atoms with Crippen LogP contribution in [0.2, 0.25) is 0 Å². The number of hydrogen-bond donors (Lipinski definition) is 7. The normalized spacial score (nSPS) is 31.5. The van der Waals surface area contributed by atoms with Crippen molar-refractivity contribution >= 4 is 5.97 Å². The number of hydrogen-bond acceptors (Lipinski definition) is 14. The molecule has 0 aromatic heterocycles. The zero-order chi connectivity index (χ0) is 35.3. The third-order valence-electron chi connectivity index (χ3n) is 8.92. The van der Waals surface area contributed by atoms with Gasteiger partial charge in [-0.3, -0.25) is 4.79 Å². The number of carbonyl (C=O) groups excluding carboxylic acids is 1. The first-order chi connectivity index (χ1) is 23.1. The van der Waals surface area contributed by atoms with Crippen LogP contribution in [0.25, 0.3) is 0 Å². The second-order valence-corrected chi connectivity index (χ2v) is 13.0. The van der Waals surface area contributed by atoms with E-state index >= 15 is 0 Å². The van der Waals surface area contributed by atoms with E-state index in [1.54, 1.807) is 6.92 Å². The summed E-state index contributed by atoms with van der Waals surface area (Å²) in [5, 5.41) is 70.9. The zero-order valence-corrected chi connectivity index (χ0v) is 29.0. The SMILES string of the molecule is CCCCCCCCCCCCCCCCOCC(COC1OC(COC2OC(CO)C(O)C(O)C2O)C(O)C(O)C1O)OC(=O)CC. The van der Waals surface area contributed by atoms with Gasteiger partial charge in [-0.1, -0.05) is 97.3 Å². The Hall–Kier alpha value is -1.01. The molecule has 2 heterocycles. The summed E-state index contributed by atoms with van der Waals surface area (Å²) in [6.07, 6.45) is 1.60. The topological polar surface area (TPSA) is 214 Å². The van der Waals surface area contributed by atoms with Crippen molar-refractivity contribution in [2.45, 2.75) is 178 Å². The van der Waals surface area contributed by atoms with Gasteiger partial charge < -0.3 is 64.2 Å². The van der Waals surface area contributed by atoms with Gasteiger partial charge in [0, 0.05) is 13.0 Å². The molecular weight excluding hydrogens is 632 g/mol. The maximum Gasteiger partial charge on any atom is 0.305 e. The van der Waals surface area contributed by atoms with Crippen molar-refractivity contribution in [2.75, 3.05) is 33.0 Å². The van der Waals surface area contributed by atoms with E-state index in [1.807, 2.05) is 0 Å². The number of aliphatic hydroxyl groups is 7. The van der Waals surface area contributed by atoms with Gasteiger partial charge in [-0.15, -0.1) is 0 Å². The van der Waals surface area contributed by atoms with Gasteiger partial charge in [0.2, 0.25) is 0 Å². The average molecular weight is 697 g/mol. The predicted octanol–water partition coefficient (Wildman–Crippen LogP) is 1.45. The molecule has 0 saturated carbocycles. The molecule has 0 radical (unpaired) electrons. The molecule has 284 valence electrons. The van der Waals surface area contributed by atoms with E-state index in [-0.39, 0.29) is 19.6 Å². The van der Waals surface area contributed by atoms with Crippen molar-refractivity contribution in [3.8, 4) is 0 Å². The Labute approximate surface area is 285 Å². The minimum Gasteiger partial charge on any atom is -0.457 e. The number of rotatable bonds is 26. The molecule has 14 nitrogen and oxygen atoms in total. The summed E-state index contributed by atoms with van der Waals surface area (Å²) in [4.78, 5) is 12.0. The van der Waals surface area contributed by atoms with Crippen molar-refractivity contribution in [1.29, 1.82) is 0 Å². The molecule has 14 heteroatoms. The first-order valence-corrected chi connectivity index (χ1v) is 18.1. The lowest BCUT2D eigenvalue weighted by Crippen LogP contribution is -2.61. The smallest absolute Gasteiger partial charge is 0.305 e. The lowest BCUT2D eigenvalue weighted by molar-refractivity contribution is -0.332. The molecule has 0 aromatic rings. The number of aliphatic hydroxyl groups excluding tert-OH is 7. The van der Waals surface area contributed by atoms with Crippen LogP contribution in [0.4, 0.5) is 0 Å². The van der Waals surface area contributed by atoms with Crippen LogP contribution in [0.3, 0.4) is 0 Å². The highest BCUT2D eigenvalue weighted by Gasteiger charge is 2.47. The Morgan fingerprint density at radius 3 is 1.60 bits per heavy atom. The lowest BCUT2D eigenvalue weighted by atomic mass is 9.98. The zero-order valence-electron chi connectivity index (χ0n) is 29.0. The fourth-order valence-electron chi connectivity index (χ4n) is 5.79. The molecular formula is C34H64O14. The van der Waals surface area contributed by atoms with E-state index in [0.29, 0.717) is 6.61 Å². The molecule has 2 rings (SSSR count). The van der Waals surface area contributed by atoms with Gasteiger partial charge in [0.15, 0.2) is 12.6 Å². The number of carbonyl (C=O) groups is 1. The molecule has 2 fully saturated rings. The molecule has 0 aromatic carbocycles. The Morgan fingerprint density at radius 2 is 1.08 bits per heavy atom. The highest BCUT2D eigenvalue weighted by molar-refractivity contribution is 5.69. The van der Waals surface area contributed by atoms with Crippen LogP contribution in [-0.2, 0) is 33.2 Å². The number of ether oxygens (including phenoxy) is 6. The fraction of sp³-hybridized carbons (Fsp3) is 0.971. The van der Waals surface area contributed by atoms with Crippen molar-refractivity contribution in [2.24, 2.45) is 0 Å². The predicted molar refractivity (Wildman–Crippen MR) is 174 cm³/mol. The summed E-state index contributed by atoms with van der Waals surface area (Å²) < 4.78 is 33.2. The maximum atomic E-state index is 12.0. The van der Waals surface area contributed by atoms with Gasteiger partial charge in [0.05, 0.1) is 26.4 Å². The Bertz CT molecular complexity index is 819. The van der Waals surface area contributed by atoms with E-state index in [9.17, 15) is 40.5 Å². The minimum atomic E-state index is -1.69. The second kappa shape index (κ2) is 25.0. The van der Waals surface area contributed by atoms with Gasteiger partial charge in [0.25, 0.3) is 0 Å². The first kappa shape index (κ1) is 43.2. The van der Waals surface area contributed by atoms with Gasteiger partial charge >= 0.3 is 5.97 Å². The Kier molecular flexibility index (Phi) is 22.5. The molecule has 11 unspecified atom stereocenters. The standard InChI is InChI=1S/C34H64O14/c1-3-5-6-7-8-9-10-11-12-13-14-15-16-17-18-43-20-23(46-26(36)4-2)21-44-33-32(42)30(40)28(38)25(48-33)22-45-34-31(41)29(39)27(37)24(19-35)47-34/h23-25,27-35,37-42H,3-22H2,1-2H3. The van der Waals surface area contributed by atoms with Gasteiger partial charge in [-0.25, -0.2) is 0 Å². The van der Waals surface area contributed by atoms with Crippen molar-refractivity contribution in [3.05, 3.63) is 0 Å². The van der Waals surface area contributed by atoms with Crippen LogP contribution < -0.4 is 0 Å². The van der Waals surface area contributed by atoms with Gasteiger partial charge in [-0.2, -0.15) is 0 Å². The molecule has 0 bridgehead atoms. The van der Waals surface area contributed by atoms with Crippen LogP contribution in [0.5, 0.6) is 0 Å². The quantitative estimate of drug-likeness (QED) is 0.0504. The van der Waals surface area contributed by atoms with Crippen LogP contribution in [0.1, 0.15) is 110 Å². The fourth-order valence-corrected chi connectivity index (χ4v) is 5.79. The van der Waals surface area contributed by atoms with Gasteiger partial charge in [-0.05, 0) is 6.42 Å². The monoisotopic (exact) mass is 696 g/mol. The summed E-state index contributed by atoms with van der Waals surface area (Å²) >= 11 is 0. The van der Waals surface area contributed by atoms with E-state index in [0.717, 1.165) is 19.3 Å². The molecule has 2 saturated heterocycles. The molecule has 2 aliphatic heterocycles. The Balaban J connectivity index is 1.70. The number of esters is 1. The van der Waals surface area contributed by atoms with Crippen LogP contribution in [0, 0.1) is 0 Å². The third kappa shape index (κ3) is 15.5. The molecule has 11 atom stereocenters. The lowest BCUT2D eigenvalue weighted by Gasteiger charge is -2.42. The average Bonchev–Trinajstić information content (AvgIpc) is 3.09. The van der Waals surface area contributed by atoms with E-state index < -0.39 is 86.7 Å². The molecule has 7 N–H and O–H groups in total. The highest BCUT2D eigenvalue weighted by Crippen LogP contribution is 2.26. The summed E-state index contributed by atoms with van der Waals surface area (Å²) in [6, 6.07) is 0. The molecule has 48 heavy (non-hydrogen) atoms. The second-order valence-electron chi connectivity index (χ2n) is 13.0. The van der Waals surface area contributed by atoms with Crippen molar-refractivity contribution in [3.63, 3.8) is 0 Å². The summed E-state index contributed by atoms with van der Waals surface area (Å²) in [7, 11) is 0. The van der Waals surface area contributed by atoms with Crippen LogP contribution >= 0.6 is 0 Å². The highest BCUT2D eigenvalue weighted by atomic mass is 16.7. The summed E-state index contributed by atoms with van der Waals surface area (Å²) in [6.45, 7) is 3.08. The number of unbranched alkanes of at least 4 members (excludes halogenated alkanes) is 13. The molecule has 0 spiro atoms. The van der Waals surface area contributed by atoms with Crippen LogP contribution in [-0.4, -0.2) is 142 Å².